The molecule has 2 rings (SSSR count). The number of nitro groups is 1. The number of non-ortho nitro benzene ring substituents is 1. The minimum absolute atomic E-state index is 0.0161. The number of nitrogens with zero attached hydrogens (tertiary/aromatic N) is 1. The lowest BCUT2D eigenvalue weighted by Crippen LogP contribution is -2.06. The second kappa shape index (κ2) is 6.19. The minimum Gasteiger partial charge on any atom is -0.379 e. The summed E-state index contributed by atoms with van der Waals surface area (Å²) in [5.74, 6) is 0. The van der Waals surface area contributed by atoms with Gasteiger partial charge in [0.2, 0.25) is 0 Å². The van der Waals surface area contributed by atoms with Gasteiger partial charge in [-0.2, -0.15) is 0 Å². The smallest absolute Gasteiger partial charge is 0.269 e. The summed E-state index contributed by atoms with van der Waals surface area (Å²) in [6.45, 7) is 4.11. The summed E-state index contributed by atoms with van der Waals surface area (Å²) in [6, 6.07) is 15.0. The number of aryl methyl sites for hydroxylation is 1. The average Bonchev–Trinajstić information content (AvgIpc) is 2.48. The van der Waals surface area contributed by atoms with Crippen molar-refractivity contribution in [3.8, 4) is 0 Å². The molecule has 0 aliphatic carbocycles. The normalized spacial score (nSPS) is 11.9. The molecule has 0 fully saturated rings. The van der Waals surface area contributed by atoms with Crippen LogP contribution in [0.5, 0.6) is 0 Å². The first-order chi connectivity index (χ1) is 9.60. The highest BCUT2D eigenvalue weighted by molar-refractivity contribution is 5.47. The second-order valence-corrected chi connectivity index (χ2v) is 4.77. The van der Waals surface area contributed by atoms with Crippen LogP contribution in [0.1, 0.15) is 31.0 Å². The number of hydrogen-bond acceptors (Lipinski definition) is 3. The average molecular weight is 270 g/mol. The molecule has 0 amide bonds. The molecule has 20 heavy (non-hydrogen) atoms. The molecule has 1 N–H and O–H groups in total. The van der Waals surface area contributed by atoms with E-state index in [9.17, 15) is 10.1 Å². The largest absolute Gasteiger partial charge is 0.379 e. The number of anilines is 1. The van der Waals surface area contributed by atoms with E-state index in [-0.39, 0.29) is 16.7 Å². The standard InChI is InChI=1S/C16H18N2O2/c1-3-13-7-9-15(10-8-13)17-12(2)14-5-4-6-16(11-14)18(19)20/h4-12,17H,3H2,1-2H3. The predicted molar refractivity (Wildman–Crippen MR) is 81.0 cm³/mol. The Bertz CT molecular complexity index is 594. The molecule has 1 unspecified atom stereocenters. The molecule has 2 aromatic rings. The van der Waals surface area contributed by atoms with Crippen LogP contribution in [-0.2, 0) is 6.42 Å². The van der Waals surface area contributed by atoms with Crippen LogP contribution in [0.25, 0.3) is 0 Å². The van der Waals surface area contributed by atoms with Gasteiger partial charge < -0.3 is 5.32 Å². The van der Waals surface area contributed by atoms with E-state index in [0.717, 1.165) is 17.7 Å². The number of benzene rings is 2. The molecule has 0 aliphatic heterocycles. The van der Waals surface area contributed by atoms with Crippen molar-refractivity contribution >= 4 is 11.4 Å². The van der Waals surface area contributed by atoms with Crippen molar-refractivity contribution in [2.75, 3.05) is 5.32 Å². The molecule has 0 spiro atoms. The highest BCUT2D eigenvalue weighted by Crippen LogP contribution is 2.23. The molecular formula is C16H18N2O2. The lowest BCUT2D eigenvalue weighted by molar-refractivity contribution is -0.384. The van der Waals surface area contributed by atoms with E-state index in [1.807, 2.05) is 25.1 Å². The molecule has 0 aromatic heterocycles. The lowest BCUT2D eigenvalue weighted by Gasteiger charge is -2.15. The fraction of sp³-hybridized carbons (Fsp3) is 0.250. The van der Waals surface area contributed by atoms with Crippen LogP contribution < -0.4 is 5.32 Å². The minimum atomic E-state index is -0.369. The molecule has 1 atom stereocenters. The zero-order valence-corrected chi connectivity index (χ0v) is 11.7. The van der Waals surface area contributed by atoms with Gasteiger partial charge in [-0.15, -0.1) is 0 Å². The first-order valence-corrected chi connectivity index (χ1v) is 6.70. The van der Waals surface area contributed by atoms with Crippen molar-refractivity contribution in [1.82, 2.24) is 0 Å². The van der Waals surface area contributed by atoms with Crippen molar-refractivity contribution in [2.45, 2.75) is 26.3 Å². The molecule has 0 saturated heterocycles. The molecule has 0 radical (unpaired) electrons. The maximum Gasteiger partial charge on any atom is 0.269 e. The molecule has 0 saturated carbocycles. The number of hydrogen-bond donors (Lipinski definition) is 1. The van der Waals surface area contributed by atoms with E-state index in [2.05, 4.69) is 24.4 Å². The van der Waals surface area contributed by atoms with E-state index in [4.69, 9.17) is 0 Å². The number of nitrogens with one attached hydrogen (secondary N) is 1. The van der Waals surface area contributed by atoms with E-state index in [1.54, 1.807) is 12.1 Å². The van der Waals surface area contributed by atoms with E-state index < -0.39 is 0 Å². The lowest BCUT2D eigenvalue weighted by atomic mass is 10.1. The van der Waals surface area contributed by atoms with E-state index in [1.165, 1.54) is 11.6 Å². The monoisotopic (exact) mass is 270 g/mol. The summed E-state index contributed by atoms with van der Waals surface area (Å²) in [5, 5.41) is 14.1. The Kier molecular flexibility index (Phi) is 4.35. The molecule has 2 aromatic carbocycles. The maximum absolute atomic E-state index is 10.8. The van der Waals surface area contributed by atoms with E-state index >= 15 is 0 Å². The van der Waals surface area contributed by atoms with Gasteiger partial charge in [0.25, 0.3) is 5.69 Å². The van der Waals surface area contributed by atoms with Crippen LogP contribution in [0.2, 0.25) is 0 Å². The molecular weight excluding hydrogens is 252 g/mol. The van der Waals surface area contributed by atoms with Gasteiger partial charge in [-0.25, -0.2) is 0 Å². The van der Waals surface area contributed by atoms with Gasteiger partial charge in [0.05, 0.1) is 4.92 Å². The zero-order chi connectivity index (χ0) is 14.5. The maximum atomic E-state index is 10.8. The summed E-state index contributed by atoms with van der Waals surface area (Å²) in [7, 11) is 0. The number of rotatable bonds is 5. The molecule has 0 bridgehead atoms. The van der Waals surface area contributed by atoms with Gasteiger partial charge in [-0.05, 0) is 36.6 Å². The molecule has 4 nitrogen and oxygen atoms in total. The van der Waals surface area contributed by atoms with Crippen LogP contribution in [0.3, 0.4) is 0 Å². The van der Waals surface area contributed by atoms with Crippen LogP contribution >= 0.6 is 0 Å². The third-order valence-corrected chi connectivity index (χ3v) is 3.33. The van der Waals surface area contributed by atoms with Crippen LogP contribution in [-0.4, -0.2) is 4.92 Å². The SMILES string of the molecule is CCc1ccc(NC(C)c2cccc([N+](=O)[O-])c2)cc1. The summed E-state index contributed by atoms with van der Waals surface area (Å²) >= 11 is 0. The van der Waals surface area contributed by atoms with Gasteiger partial charge in [-0.1, -0.05) is 31.2 Å². The second-order valence-electron chi connectivity index (χ2n) is 4.77. The highest BCUT2D eigenvalue weighted by Gasteiger charge is 2.10. The molecule has 0 aliphatic rings. The third-order valence-electron chi connectivity index (χ3n) is 3.33. The van der Waals surface area contributed by atoms with Crippen LogP contribution in [0.15, 0.2) is 48.5 Å². The van der Waals surface area contributed by atoms with Gasteiger partial charge in [0.15, 0.2) is 0 Å². The summed E-state index contributed by atoms with van der Waals surface area (Å²) in [6.07, 6.45) is 1.01. The van der Waals surface area contributed by atoms with Crippen molar-refractivity contribution in [1.29, 1.82) is 0 Å². The van der Waals surface area contributed by atoms with Crippen LogP contribution in [0, 0.1) is 10.1 Å². The Hall–Kier alpha value is -2.36. The fourth-order valence-corrected chi connectivity index (χ4v) is 2.08. The Balaban J connectivity index is 2.12. The van der Waals surface area contributed by atoms with Gasteiger partial charge in [0, 0.05) is 23.9 Å². The molecule has 104 valence electrons. The topological polar surface area (TPSA) is 55.2 Å². The zero-order valence-electron chi connectivity index (χ0n) is 11.7. The molecule has 4 heteroatoms. The van der Waals surface area contributed by atoms with Crippen molar-refractivity contribution < 1.29 is 4.92 Å². The van der Waals surface area contributed by atoms with E-state index in [0.29, 0.717) is 0 Å². The van der Waals surface area contributed by atoms with Crippen molar-refractivity contribution in [3.05, 3.63) is 69.8 Å². The van der Waals surface area contributed by atoms with Crippen molar-refractivity contribution in [2.24, 2.45) is 0 Å². The number of nitro benzene ring substituents is 1. The van der Waals surface area contributed by atoms with Gasteiger partial charge >= 0.3 is 0 Å². The highest BCUT2D eigenvalue weighted by atomic mass is 16.6. The summed E-state index contributed by atoms with van der Waals surface area (Å²) < 4.78 is 0. The summed E-state index contributed by atoms with van der Waals surface area (Å²) in [4.78, 5) is 10.4. The summed E-state index contributed by atoms with van der Waals surface area (Å²) in [5.41, 5.74) is 3.33. The Morgan fingerprint density at radius 3 is 2.50 bits per heavy atom. The first kappa shape index (κ1) is 14.1. The third kappa shape index (κ3) is 3.35. The first-order valence-electron chi connectivity index (χ1n) is 6.70. The Morgan fingerprint density at radius 2 is 1.90 bits per heavy atom. The Labute approximate surface area is 118 Å². The van der Waals surface area contributed by atoms with Crippen LogP contribution in [0.4, 0.5) is 11.4 Å². The quantitative estimate of drug-likeness (QED) is 0.650. The van der Waals surface area contributed by atoms with Crippen molar-refractivity contribution in [3.63, 3.8) is 0 Å². The molecule has 0 heterocycles. The Morgan fingerprint density at radius 1 is 1.20 bits per heavy atom. The fourth-order valence-electron chi connectivity index (χ4n) is 2.08. The predicted octanol–water partition coefficient (Wildman–Crippen LogP) is 4.33. The van der Waals surface area contributed by atoms with Gasteiger partial charge in [-0.3, -0.25) is 10.1 Å². The van der Waals surface area contributed by atoms with Gasteiger partial charge in [0.1, 0.15) is 0 Å².